The van der Waals surface area contributed by atoms with Crippen molar-refractivity contribution in [3.63, 3.8) is 0 Å². The van der Waals surface area contributed by atoms with Gasteiger partial charge in [-0.2, -0.15) is 0 Å². The number of amides is 2. The number of nitrogens with one attached hydrogen (secondary N) is 1. The fourth-order valence-electron chi connectivity index (χ4n) is 1.59. The molecule has 1 aromatic heterocycles. The molecule has 0 unspecified atom stereocenters. The van der Waals surface area contributed by atoms with Crippen molar-refractivity contribution in [1.82, 2.24) is 10.2 Å². The lowest BCUT2D eigenvalue weighted by Crippen LogP contribution is -2.27. The van der Waals surface area contributed by atoms with Crippen molar-refractivity contribution in [2.75, 3.05) is 13.1 Å². The molecule has 1 saturated heterocycles. The van der Waals surface area contributed by atoms with Gasteiger partial charge in [-0.1, -0.05) is 0 Å². The van der Waals surface area contributed by atoms with Gasteiger partial charge < -0.3 is 10.2 Å². The molecule has 3 nitrogen and oxygen atoms in total. The topological polar surface area (TPSA) is 32.3 Å². The average Bonchev–Trinajstić information content (AvgIpc) is 2.68. The van der Waals surface area contributed by atoms with E-state index in [1.807, 2.05) is 4.90 Å². The van der Waals surface area contributed by atoms with E-state index in [1.54, 1.807) is 11.3 Å². The summed E-state index contributed by atoms with van der Waals surface area (Å²) >= 11 is 1.76. The molecule has 14 heavy (non-hydrogen) atoms. The summed E-state index contributed by atoms with van der Waals surface area (Å²) in [4.78, 5) is 14.5. The van der Waals surface area contributed by atoms with Crippen LogP contribution in [0.4, 0.5) is 4.79 Å². The van der Waals surface area contributed by atoms with E-state index in [9.17, 15) is 4.79 Å². The monoisotopic (exact) mass is 210 g/mol. The molecule has 2 heterocycles. The maximum atomic E-state index is 11.3. The van der Waals surface area contributed by atoms with E-state index in [0.29, 0.717) is 0 Å². The third-order valence-corrected chi connectivity index (χ3v) is 3.76. The van der Waals surface area contributed by atoms with E-state index in [1.165, 1.54) is 16.0 Å². The summed E-state index contributed by atoms with van der Waals surface area (Å²) in [6.45, 7) is 6.60. The summed E-state index contributed by atoms with van der Waals surface area (Å²) in [5, 5.41) is 4.96. The maximum absolute atomic E-state index is 11.3. The Kier molecular flexibility index (Phi) is 2.46. The molecule has 1 fully saturated rings. The van der Waals surface area contributed by atoms with Gasteiger partial charge >= 0.3 is 6.03 Å². The van der Waals surface area contributed by atoms with Crippen LogP contribution < -0.4 is 5.32 Å². The van der Waals surface area contributed by atoms with Crippen LogP contribution in [0.15, 0.2) is 5.38 Å². The zero-order valence-corrected chi connectivity index (χ0v) is 9.28. The van der Waals surface area contributed by atoms with Crippen LogP contribution in [0.25, 0.3) is 0 Å². The van der Waals surface area contributed by atoms with Gasteiger partial charge in [-0.05, 0) is 30.4 Å². The highest BCUT2D eigenvalue weighted by molar-refractivity contribution is 7.10. The van der Waals surface area contributed by atoms with Crippen LogP contribution in [-0.2, 0) is 6.54 Å². The first-order chi connectivity index (χ1) is 6.68. The molecule has 0 atom stereocenters. The summed E-state index contributed by atoms with van der Waals surface area (Å²) in [5.74, 6) is 0. The van der Waals surface area contributed by atoms with Crippen molar-refractivity contribution < 1.29 is 4.79 Å². The number of thiophene rings is 1. The van der Waals surface area contributed by atoms with E-state index in [-0.39, 0.29) is 6.03 Å². The minimum absolute atomic E-state index is 0.0632. The van der Waals surface area contributed by atoms with E-state index >= 15 is 0 Å². The Morgan fingerprint density at radius 2 is 2.36 bits per heavy atom. The fourth-order valence-corrected chi connectivity index (χ4v) is 2.46. The Morgan fingerprint density at radius 3 is 2.86 bits per heavy atom. The summed E-state index contributed by atoms with van der Waals surface area (Å²) in [6.07, 6.45) is 0. The first-order valence-electron chi connectivity index (χ1n) is 4.75. The number of aryl methyl sites for hydroxylation is 1. The lowest BCUT2D eigenvalue weighted by Gasteiger charge is -2.13. The van der Waals surface area contributed by atoms with Crippen molar-refractivity contribution in [2.24, 2.45) is 0 Å². The Balaban J connectivity index is 2.10. The van der Waals surface area contributed by atoms with E-state index in [4.69, 9.17) is 0 Å². The molecule has 1 aliphatic heterocycles. The van der Waals surface area contributed by atoms with Crippen molar-refractivity contribution in [3.05, 3.63) is 21.4 Å². The quantitative estimate of drug-likeness (QED) is 0.794. The number of urea groups is 1. The minimum atomic E-state index is 0.0632. The molecule has 0 aliphatic carbocycles. The Labute approximate surface area is 87.7 Å². The van der Waals surface area contributed by atoms with Gasteiger partial charge in [0.1, 0.15) is 0 Å². The Morgan fingerprint density at radius 1 is 1.57 bits per heavy atom. The SMILES string of the molecule is Cc1scc(CN2CCNC2=O)c1C. The number of hydrogen-bond donors (Lipinski definition) is 1. The second kappa shape index (κ2) is 3.61. The normalized spacial score (nSPS) is 16.1. The Hall–Kier alpha value is -1.03. The van der Waals surface area contributed by atoms with Gasteiger partial charge in [0.05, 0.1) is 0 Å². The first kappa shape index (κ1) is 9.52. The van der Waals surface area contributed by atoms with Gasteiger partial charge in [0.2, 0.25) is 0 Å². The summed E-state index contributed by atoms with van der Waals surface area (Å²) in [5.41, 5.74) is 2.61. The standard InChI is InChI=1S/C10H14N2OS/c1-7-8(2)14-6-9(7)5-12-4-3-11-10(12)13/h6H,3-5H2,1-2H3,(H,11,13). The average molecular weight is 210 g/mol. The van der Waals surface area contributed by atoms with E-state index in [0.717, 1.165) is 19.6 Å². The molecule has 0 radical (unpaired) electrons. The van der Waals surface area contributed by atoms with Crippen LogP contribution >= 0.6 is 11.3 Å². The summed E-state index contributed by atoms with van der Waals surface area (Å²) < 4.78 is 0. The molecule has 2 rings (SSSR count). The number of carbonyl (C=O) groups is 1. The van der Waals surface area contributed by atoms with Crippen LogP contribution in [0, 0.1) is 13.8 Å². The maximum Gasteiger partial charge on any atom is 0.317 e. The third kappa shape index (κ3) is 1.62. The molecule has 0 bridgehead atoms. The number of hydrogen-bond acceptors (Lipinski definition) is 2. The fraction of sp³-hybridized carbons (Fsp3) is 0.500. The smallest absolute Gasteiger partial charge is 0.317 e. The highest BCUT2D eigenvalue weighted by Gasteiger charge is 2.20. The van der Waals surface area contributed by atoms with Gasteiger partial charge in [0.25, 0.3) is 0 Å². The molecule has 2 amide bonds. The van der Waals surface area contributed by atoms with Crippen molar-refractivity contribution in [2.45, 2.75) is 20.4 Å². The third-order valence-electron chi connectivity index (χ3n) is 2.69. The van der Waals surface area contributed by atoms with Crippen LogP contribution in [0.3, 0.4) is 0 Å². The molecule has 1 N–H and O–H groups in total. The van der Waals surface area contributed by atoms with Gasteiger partial charge in [-0.25, -0.2) is 4.79 Å². The second-order valence-corrected chi connectivity index (χ2v) is 4.68. The lowest BCUT2D eigenvalue weighted by atomic mass is 10.2. The lowest BCUT2D eigenvalue weighted by molar-refractivity contribution is 0.215. The highest BCUT2D eigenvalue weighted by atomic mass is 32.1. The first-order valence-corrected chi connectivity index (χ1v) is 5.63. The molecule has 1 aromatic rings. The molecular weight excluding hydrogens is 196 g/mol. The zero-order valence-electron chi connectivity index (χ0n) is 8.46. The summed E-state index contributed by atoms with van der Waals surface area (Å²) in [6, 6.07) is 0.0632. The van der Waals surface area contributed by atoms with Crippen LogP contribution in [0.1, 0.15) is 16.0 Å². The molecule has 4 heteroatoms. The predicted molar refractivity (Wildman–Crippen MR) is 57.6 cm³/mol. The molecule has 76 valence electrons. The molecule has 1 aliphatic rings. The van der Waals surface area contributed by atoms with Gasteiger partial charge in [0.15, 0.2) is 0 Å². The minimum Gasteiger partial charge on any atom is -0.336 e. The molecule has 0 saturated carbocycles. The predicted octanol–water partition coefficient (Wildman–Crippen LogP) is 1.89. The van der Waals surface area contributed by atoms with Gasteiger partial charge in [0, 0.05) is 24.5 Å². The highest BCUT2D eigenvalue weighted by Crippen LogP contribution is 2.22. The second-order valence-electron chi connectivity index (χ2n) is 3.60. The van der Waals surface area contributed by atoms with Crippen molar-refractivity contribution >= 4 is 17.4 Å². The van der Waals surface area contributed by atoms with Crippen molar-refractivity contribution in [1.29, 1.82) is 0 Å². The van der Waals surface area contributed by atoms with Crippen LogP contribution in [0.2, 0.25) is 0 Å². The number of nitrogens with zero attached hydrogens (tertiary/aromatic N) is 1. The van der Waals surface area contributed by atoms with E-state index in [2.05, 4.69) is 24.5 Å². The number of carbonyl (C=O) groups excluding carboxylic acids is 1. The van der Waals surface area contributed by atoms with E-state index < -0.39 is 0 Å². The molecular formula is C10H14N2OS. The Bertz CT molecular complexity index is 359. The number of rotatable bonds is 2. The summed E-state index contributed by atoms with van der Waals surface area (Å²) in [7, 11) is 0. The van der Waals surface area contributed by atoms with Gasteiger partial charge in [-0.3, -0.25) is 0 Å². The van der Waals surface area contributed by atoms with Crippen molar-refractivity contribution in [3.8, 4) is 0 Å². The largest absolute Gasteiger partial charge is 0.336 e. The van der Waals surface area contributed by atoms with Crippen LogP contribution in [0.5, 0.6) is 0 Å². The van der Waals surface area contributed by atoms with Crippen LogP contribution in [-0.4, -0.2) is 24.0 Å². The zero-order chi connectivity index (χ0) is 10.1. The molecule has 0 spiro atoms. The molecule has 0 aromatic carbocycles. The van der Waals surface area contributed by atoms with Gasteiger partial charge in [-0.15, -0.1) is 11.3 Å².